The Bertz CT molecular complexity index is 1740. The van der Waals surface area contributed by atoms with Gasteiger partial charge in [-0.2, -0.15) is 0 Å². The van der Waals surface area contributed by atoms with Crippen LogP contribution < -0.4 is 4.57 Å². The molecule has 0 aliphatic heterocycles. The van der Waals surface area contributed by atoms with Crippen molar-refractivity contribution in [1.82, 2.24) is 0 Å². The Labute approximate surface area is 203 Å². The standard InChI is InChI=1S/C32H25FNO/c1-20-8-6-9-22(18-20)23-10-7-11-24(19-23)30-27(33)16-15-26-25-14-13-21(2)29(31(25)35-32(26)30)28-12-4-5-17-34(28)3/h4-19H,1-3H3/q+1. The van der Waals surface area contributed by atoms with Crippen molar-refractivity contribution in [3.8, 4) is 33.5 Å². The molecule has 0 aliphatic rings. The summed E-state index contributed by atoms with van der Waals surface area (Å²) < 4.78 is 24.1. The van der Waals surface area contributed by atoms with Gasteiger partial charge in [0.05, 0.1) is 11.1 Å². The zero-order valence-corrected chi connectivity index (χ0v) is 20.0. The maximum Gasteiger partial charge on any atom is 0.216 e. The van der Waals surface area contributed by atoms with Gasteiger partial charge in [-0.1, -0.05) is 60.2 Å². The lowest BCUT2D eigenvalue weighted by Crippen LogP contribution is -2.30. The van der Waals surface area contributed by atoms with Crippen LogP contribution in [0.3, 0.4) is 0 Å². The molecule has 0 aliphatic carbocycles. The summed E-state index contributed by atoms with van der Waals surface area (Å²) in [6.45, 7) is 4.16. The Hall–Kier alpha value is -4.24. The second-order valence-electron chi connectivity index (χ2n) is 9.18. The highest BCUT2D eigenvalue weighted by Crippen LogP contribution is 2.42. The van der Waals surface area contributed by atoms with Crippen LogP contribution in [0.4, 0.5) is 4.39 Å². The molecule has 4 aromatic carbocycles. The van der Waals surface area contributed by atoms with Gasteiger partial charge in [-0.3, -0.25) is 0 Å². The number of rotatable bonds is 3. The van der Waals surface area contributed by atoms with E-state index in [1.807, 2.05) is 55.7 Å². The van der Waals surface area contributed by atoms with E-state index in [9.17, 15) is 0 Å². The Balaban J connectivity index is 1.63. The van der Waals surface area contributed by atoms with Crippen molar-refractivity contribution in [3.63, 3.8) is 0 Å². The molecule has 6 aromatic rings. The van der Waals surface area contributed by atoms with Gasteiger partial charge in [0.25, 0.3) is 0 Å². The van der Waals surface area contributed by atoms with Crippen LogP contribution in [-0.2, 0) is 7.05 Å². The summed E-state index contributed by atoms with van der Waals surface area (Å²) in [6.07, 6.45) is 2.03. The first-order valence-electron chi connectivity index (χ1n) is 11.8. The van der Waals surface area contributed by atoms with E-state index in [1.54, 1.807) is 6.07 Å². The van der Waals surface area contributed by atoms with Crippen LogP contribution in [0.1, 0.15) is 11.1 Å². The molecule has 6 rings (SSSR count). The summed E-state index contributed by atoms with van der Waals surface area (Å²) in [6, 6.07) is 30.1. The summed E-state index contributed by atoms with van der Waals surface area (Å²) in [5.41, 5.74) is 9.20. The third-order valence-electron chi connectivity index (χ3n) is 6.78. The highest BCUT2D eigenvalue weighted by molar-refractivity contribution is 6.13. The van der Waals surface area contributed by atoms with Crippen LogP contribution in [0.15, 0.2) is 102 Å². The SMILES string of the molecule is Cc1cccc(-c2cccc(-c3c(F)ccc4c3oc3c(-c5cccc[n+]5C)c(C)ccc34)c2)c1. The van der Waals surface area contributed by atoms with E-state index in [0.717, 1.165) is 49.9 Å². The van der Waals surface area contributed by atoms with Gasteiger partial charge in [0.15, 0.2) is 6.20 Å². The molecule has 0 saturated heterocycles. The number of pyridine rings is 1. The van der Waals surface area contributed by atoms with Crippen LogP contribution in [0.25, 0.3) is 55.4 Å². The fourth-order valence-electron chi connectivity index (χ4n) is 5.03. The maximum absolute atomic E-state index is 15.4. The Kier molecular flexibility index (Phi) is 5.00. The molecule has 0 saturated carbocycles. The largest absolute Gasteiger partial charge is 0.454 e. The number of aromatic nitrogens is 1. The van der Waals surface area contributed by atoms with E-state index >= 15 is 4.39 Å². The number of aryl methyl sites for hydroxylation is 3. The summed E-state index contributed by atoms with van der Waals surface area (Å²) >= 11 is 0. The minimum Gasteiger partial charge on any atom is -0.454 e. The number of halogens is 1. The van der Waals surface area contributed by atoms with Gasteiger partial charge in [0, 0.05) is 22.9 Å². The molecule has 2 nitrogen and oxygen atoms in total. The molecule has 0 fully saturated rings. The molecule has 0 N–H and O–H groups in total. The number of fused-ring (bicyclic) bond motifs is 3. The molecule has 0 spiro atoms. The smallest absolute Gasteiger partial charge is 0.216 e. The second kappa shape index (κ2) is 8.21. The Morgan fingerprint density at radius 1 is 0.657 bits per heavy atom. The van der Waals surface area contributed by atoms with Crippen molar-refractivity contribution < 1.29 is 13.4 Å². The first kappa shape index (κ1) is 21.3. The maximum atomic E-state index is 15.4. The van der Waals surface area contributed by atoms with Gasteiger partial charge in [-0.05, 0) is 60.4 Å². The average Bonchev–Trinajstić information content (AvgIpc) is 3.23. The van der Waals surface area contributed by atoms with Crippen molar-refractivity contribution in [2.45, 2.75) is 13.8 Å². The topological polar surface area (TPSA) is 17.0 Å². The molecule has 0 atom stereocenters. The molecule has 35 heavy (non-hydrogen) atoms. The molecule has 2 heterocycles. The van der Waals surface area contributed by atoms with E-state index in [4.69, 9.17) is 4.42 Å². The Morgan fingerprint density at radius 3 is 2.11 bits per heavy atom. The third-order valence-corrected chi connectivity index (χ3v) is 6.78. The highest BCUT2D eigenvalue weighted by Gasteiger charge is 2.23. The molecule has 0 radical (unpaired) electrons. The van der Waals surface area contributed by atoms with Crippen molar-refractivity contribution >= 4 is 21.9 Å². The third kappa shape index (κ3) is 3.52. The van der Waals surface area contributed by atoms with Gasteiger partial charge in [-0.25, -0.2) is 8.96 Å². The van der Waals surface area contributed by atoms with Crippen molar-refractivity contribution in [2.75, 3.05) is 0 Å². The van der Waals surface area contributed by atoms with E-state index in [1.165, 1.54) is 5.56 Å². The predicted octanol–water partition coefficient (Wildman–Crippen LogP) is 8.17. The number of benzene rings is 4. The summed E-state index contributed by atoms with van der Waals surface area (Å²) in [5, 5.41) is 1.90. The summed E-state index contributed by atoms with van der Waals surface area (Å²) in [4.78, 5) is 0. The first-order valence-corrected chi connectivity index (χ1v) is 11.8. The van der Waals surface area contributed by atoms with E-state index < -0.39 is 0 Å². The van der Waals surface area contributed by atoms with Gasteiger partial charge in [0.2, 0.25) is 5.69 Å². The molecule has 0 bridgehead atoms. The summed E-state index contributed by atoms with van der Waals surface area (Å²) in [7, 11) is 2.03. The van der Waals surface area contributed by atoms with Crippen molar-refractivity contribution in [1.29, 1.82) is 0 Å². The zero-order valence-electron chi connectivity index (χ0n) is 20.0. The summed E-state index contributed by atoms with van der Waals surface area (Å²) in [5.74, 6) is -0.290. The second-order valence-corrected chi connectivity index (χ2v) is 9.18. The lowest BCUT2D eigenvalue weighted by molar-refractivity contribution is -0.660. The molecule has 170 valence electrons. The van der Waals surface area contributed by atoms with Gasteiger partial charge < -0.3 is 4.42 Å². The number of hydrogen-bond donors (Lipinski definition) is 0. The fourth-order valence-corrected chi connectivity index (χ4v) is 5.03. The van der Waals surface area contributed by atoms with Crippen molar-refractivity contribution in [2.24, 2.45) is 7.05 Å². The Morgan fingerprint density at radius 2 is 1.34 bits per heavy atom. The quantitative estimate of drug-likeness (QED) is 0.244. The van der Waals surface area contributed by atoms with Gasteiger partial charge in [0.1, 0.15) is 24.0 Å². The number of hydrogen-bond acceptors (Lipinski definition) is 1. The van der Waals surface area contributed by atoms with E-state index in [-0.39, 0.29) is 5.82 Å². The minimum atomic E-state index is -0.290. The average molecular weight is 459 g/mol. The molecular weight excluding hydrogens is 433 g/mol. The van der Waals surface area contributed by atoms with E-state index in [2.05, 4.69) is 60.9 Å². The highest BCUT2D eigenvalue weighted by atomic mass is 19.1. The van der Waals surface area contributed by atoms with Crippen molar-refractivity contribution in [3.05, 3.63) is 114 Å². The molecule has 3 heteroatoms. The predicted molar refractivity (Wildman–Crippen MR) is 141 cm³/mol. The number of furan rings is 1. The number of nitrogens with zero attached hydrogens (tertiary/aromatic N) is 1. The molecule has 2 aromatic heterocycles. The van der Waals surface area contributed by atoms with E-state index in [0.29, 0.717) is 11.1 Å². The first-order chi connectivity index (χ1) is 17.0. The minimum absolute atomic E-state index is 0.290. The van der Waals surface area contributed by atoms with Crippen LogP contribution in [0, 0.1) is 19.7 Å². The van der Waals surface area contributed by atoms with Gasteiger partial charge >= 0.3 is 0 Å². The molecular formula is C32H25FNO+. The molecule has 0 amide bonds. The molecule has 0 unspecified atom stereocenters. The zero-order chi connectivity index (χ0) is 24.1. The van der Waals surface area contributed by atoms with Gasteiger partial charge in [-0.15, -0.1) is 0 Å². The lowest BCUT2D eigenvalue weighted by atomic mass is 9.96. The van der Waals surface area contributed by atoms with Crippen LogP contribution in [-0.4, -0.2) is 0 Å². The van der Waals surface area contributed by atoms with Crippen LogP contribution >= 0.6 is 0 Å². The lowest BCUT2D eigenvalue weighted by Gasteiger charge is -2.08. The fraction of sp³-hybridized carbons (Fsp3) is 0.0938. The van der Waals surface area contributed by atoms with Crippen LogP contribution in [0.5, 0.6) is 0 Å². The monoisotopic (exact) mass is 458 g/mol. The normalized spacial score (nSPS) is 11.4. The van der Waals surface area contributed by atoms with Crippen LogP contribution in [0.2, 0.25) is 0 Å².